The van der Waals surface area contributed by atoms with Crippen molar-refractivity contribution in [1.82, 2.24) is 15.2 Å². The van der Waals surface area contributed by atoms with Gasteiger partial charge in [0.15, 0.2) is 15.8 Å². The Morgan fingerprint density at radius 2 is 2.47 bits per heavy atom. The third-order valence-corrected chi connectivity index (χ3v) is 2.56. The van der Waals surface area contributed by atoms with Crippen molar-refractivity contribution in [3.8, 4) is 0 Å². The zero-order valence-electron chi connectivity index (χ0n) is 7.39. The van der Waals surface area contributed by atoms with E-state index >= 15 is 0 Å². The fourth-order valence-electron chi connectivity index (χ4n) is 0.979. The van der Waals surface area contributed by atoms with Gasteiger partial charge in [0.25, 0.3) is 0 Å². The SMILES string of the molecule is Nc1nc(Nc2ccn[nH]2)sc1C(=O)O. The topological polar surface area (TPSA) is 117 Å². The quantitative estimate of drug-likeness (QED) is 0.616. The van der Waals surface area contributed by atoms with E-state index in [-0.39, 0.29) is 10.7 Å². The number of carboxylic acids is 1. The Morgan fingerprint density at radius 1 is 1.67 bits per heavy atom. The Hall–Kier alpha value is -2.09. The summed E-state index contributed by atoms with van der Waals surface area (Å²) in [7, 11) is 0. The highest BCUT2D eigenvalue weighted by Gasteiger charge is 2.14. The van der Waals surface area contributed by atoms with Gasteiger partial charge in [0.05, 0.1) is 6.20 Å². The first-order valence-electron chi connectivity index (χ1n) is 3.93. The summed E-state index contributed by atoms with van der Waals surface area (Å²) in [5.74, 6) is -0.446. The van der Waals surface area contributed by atoms with Gasteiger partial charge in [-0.15, -0.1) is 0 Å². The van der Waals surface area contributed by atoms with Crippen molar-refractivity contribution >= 4 is 34.1 Å². The molecule has 78 valence electrons. The van der Waals surface area contributed by atoms with Crippen molar-refractivity contribution in [3.63, 3.8) is 0 Å². The van der Waals surface area contributed by atoms with E-state index < -0.39 is 5.97 Å². The maximum Gasteiger partial charge on any atom is 0.349 e. The molecule has 0 radical (unpaired) electrons. The molecule has 0 spiro atoms. The molecule has 2 aromatic rings. The van der Waals surface area contributed by atoms with Crippen LogP contribution in [-0.2, 0) is 0 Å². The number of thiazole rings is 1. The minimum absolute atomic E-state index is 0.00881. The van der Waals surface area contributed by atoms with Gasteiger partial charge in [-0.25, -0.2) is 9.78 Å². The van der Waals surface area contributed by atoms with Gasteiger partial charge in [-0.1, -0.05) is 11.3 Å². The summed E-state index contributed by atoms with van der Waals surface area (Å²) >= 11 is 0.971. The first-order valence-corrected chi connectivity index (χ1v) is 4.74. The van der Waals surface area contributed by atoms with Crippen LogP contribution in [0.15, 0.2) is 12.3 Å². The number of anilines is 3. The second-order valence-electron chi connectivity index (χ2n) is 2.63. The predicted octanol–water partition coefficient (Wildman–Crippen LogP) is 0.890. The number of nitrogens with two attached hydrogens (primary N) is 1. The largest absolute Gasteiger partial charge is 0.477 e. The molecule has 5 N–H and O–H groups in total. The lowest BCUT2D eigenvalue weighted by Gasteiger charge is -1.94. The maximum atomic E-state index is 10.7. The Kier molecular flexibility index (Phi) is 2.26. The van der Waals surface area contributed by atoms with Crippen molar-refractivity contribution < 1.29 is 9.90 Å². The highest BCUT2D eigenvalue weighted by Crippen LogP contribution is 2.26. The number of nitrogen functional groups attached to an aromatic ring is 1. The van der Waals surface area contributed by atoms with Crippen molar-refractivity contribution in [3.05, 3.63) is 17.1 Å². The molecule has 2 aromatic heterocycles. The van der Waals surface area contributed by atoms with Gasteiger partial charge in [-0.3, -0.25) is 5.10 Å². The van der Waals surface area contributed by atoms with Crippen LogP contribution in [0.3, 0.4) is 0 Å². The number of carboxylic acid groups (broad SMARTS) is 1. The number of carbonyl (C=O) groups is 1. The summed E-state index contributed by atoms with van der Waals surface area (Å²) in [5.41, 5.74) is 5.42. The second-order valence-corrected chi connectivity index (χ2v) is 3.63. The lowest BCUT2D eigenvalue weighted by molar-refractivity contribution is 0.0703. The number of aromatic carboxylic acids is 1. The van der Waals surface area contributed by atoms with Gasteiger partial charge in [0.1, 0.15) is 5.82 Å². The first kappa shape index (κ1) is 9.46. The third kappa shape index (κ3) is 1.89. The molecule has 0 aliphatic heterocycles. The summed E-state index contributed by atoms with van der Waals surface area (Å²) in [5, 5.41) is 18.4. The average Bonchev–Trinajstić information content (AvgIpc) is 2.75. The molecule has 0 atom stereocenters. The molecule has 0 unspecified atom stereocenters. The van der Waals surface area contributed by atoms with Crippen LogP contribution < -0.4 is 11.1 Å². The van der Waals surface area contributed by atoms with Crippen molar-refractivity contribution in [2.45, 2.75) is 0 Å². The molecule has 15 heavy (non-hydrogen) atoms. The van der Waals surface area contributed by atoms with Gasteiger partial charge in [0, 0.05) is 6.07 Å². The second kappa shape index (κ2) is 3.58. The van der Waals surface area contributed by atoms with Crippen LogP contribution in [0.5, 0.6) is 0 Å². The van der Waals surface area contributed by atoms with Crippen molar-refractivity contribution in [2.75, 3.05) is 11.1 Å². The fraction of sp³-hybridized carbons (Fsp3) is 0. The normalized spacial score (nSPS) is 10.1. The van der Waals surface area contributed by atoms with E-state index in [0.717, 1.165) is 11.3 Å². The Balaban J connectivity index is 2.23. The van der Waals surface area contributed by atoms with E-state index in [1.807, 2.05) is 0 Å². The van der Waals surface area contributed by atoms with Crippen LogP contribution in [0, 0.1) is 0 Å². The standard InChI is InChI=1S/C7H7N5O2S/c8-5-4(6(13)14)15-7(11-5)10-3-1-2-9-12-3/h1-2H,8H2,(H,13,14)(H2,9,10,11,12). The van der Waals surface area contributed by atoms with Gasteiger partial charge >= 0.3 is 5.97 Å². The maximum absolute atomic E-state index is 10.7. The molecular formula is C7H7N5O2S. The molecule has 0 saturated carbocycles. The Bertz CT molecular complexity index is 478. The molecule has 2 rings (SSSR count). The monoisotopic (exact) mass is 225 g/mol. The average molecular weight is 225 g/mol. The molecule has 0 amide bonds. The highest BCUT2D eigenvalue weighted by atomic mass is 32.1. The zero-order valence-corrected chi connectivity index (χ0v) is 8.21. The summed E-state index contributed by atoms with van der Waals surface area (Å²) < 4.78 is 0. The van der Waals surface area contributed by atoms with E-state index in [1.54, 1.807) is 12.3 Å². The number of aromatic amines is 1. The number of aromatic nitrogens is 3. The predicted molar refractivity (Wildman–Crippen MR) is 55.4 cm³/mol. The number of nitrogens with one attached hydrogen (secondary N) is 2. The fourth-order valence-corrected chi connectivity index (χ4v) is 1.72. The number of hydrogen-bond acceptors (Lipinski definition) is 6. The molecule has 2 heterocycles. The minimum atomic E-state index is -1.08. The summed E-state index contributed by atoms with van der Waals surface area (Å²) in [4.78, 5) is 14.6. The summed E-state index contributed by atoms with van der Waals surface area (Å²) in [6.07, 6.45) is 1.57. The third-order valence-electron chi connectivity index (χ3n) is 1.59. The van der Waals surface area contributed by atoms with E-state index in [2.05, 4.69) is 20.5 Å². The van der Waals surface area contributed by atoms with Crippen molar-refractivity contribution in [1.29, 1.82) is 0 Å². The molecule has 0 aliphatic rings. The van der Waals surface area contributed by atoms with Crippen LogP contribution in [0.25, 0.3) is 0 Å². The molecular weight excluding hydrogens is 218 g/mol. The van der Waals surface area contributed by atoms with Gasteiger partial charge < -0.3 is 16.2 Å². The first-order chi connectivity index (χ1) is 7.16. The van der Waals surface area contributed by atoms with Crippen molar-refractivity contribution in [2.24, 2.45) is 0 Å². The van der Waals surface area contributed by atoms with E-state index in [9.17, 15) is 4.79 Å². The van der Waals surface area contributed by atoms with Gasteiger partial charge in [-0.2, -0.15) is 5.10 Å². The lowest BCUT2D eigenvalue weighted by Crippen LogP contribution is -1.97. The molecule has 7 nitrogen and oxygen atoms in total. The lowest BCUT2D eigenvalue weighted by atomic mass is 10.5. The molecule has 0 fully saturated rings. The highest BCUT2D eigenvalue weighted by molar-refractivity contribution is 7.18. The minimum Gasteiger partial charge on any atom is -0.477 e. The summed E-state index contributed by atoms with van der Waals surface area (Å²) in [6.45, 7) is 0. The Morgan fingerprint density at radius 3 is 3.00 bits per heavy atom. The summed E-state index contributed by atoms with van der Waals surface area (Å²) in [6, 6.07) is 1.69. The smallest absolute Gasteiger partial charge is 0.349 e. The van der Waals surface area contributed by atoms with E-state index in [0.29, 0.717) is 10.9 Å². The Labute approximate surface area is 88.0 Å². The molecule has 0 bridgehead atoms. The number of hydrogen-bond donors (Lipinski definition) is 4. The zero-order chi connectivity index (χ0) is 10.8. The molecule has 8 heteroatoms. The van der Waals surface area contributed by atoms with Crippen LogP contribution in [0.1, 0.15) is 9.67 Å². The molecule has 0 aliphatic carbocycles. The molecule has 0 aromatic carbocycles. The van der Waals surface area contributed by atoms with E-state index in [1.165, 1.54) is 0 Å². The van der Waals surface area contributed by atoms with Gasteiger partial charge in [0.2, 0.25) is 0 Å². The van der Waals surface area contributed by atoms with Crippen LogP contribution in [0.4, 0.5) is 16.8 Å². The van der Waals surface area contributed by atoms with Crippen LogP contribution in [0.2, 0.25) is 0 Å². The number of H-pyrrole nitrogens is 1. The van der Waals surface area contributed by atoms with E-state index in [4.69, 9.17) is 10.8 Å². The van der Waals surface area contributed by atoms with Crippen LogP contribution >= 0.6 is 11.3 Å². The number of nitrogens with zero attached hydrogens (tertiary/aromatic N) is 2. The van der Waals surface area contributed by atoms with Gasteiger partial charge in [-0.05, 0) is 0 Å². The van der Waals surface area contributed by atoms with Crippen LogP contribution in [-0.4, -0.2) is 26.3 Å². The molecule has 0 saturated heterocycles. The number of rotatable bonds is 3.